The highest BCUT2D eigenvalue weighted by atomic mass is 79.9. The monoisotopic (exact) mass is 361 g/mol. The van der Waals surface area contributed by atoms with E-state index in [4.69, 9.17) is 0 Å². The lowest BCUT2D eigenvalue weighted by atomic mass is 10.1. The van der Waals surface area contributed by atoms with E-state index in [2.05, 4.69) is 21.2 Å². The van der Waals surface area contributed by atoms with Crippen LogP contribution in [-0.4, -0.2) is 5.91 Å². The fourth-order valence-electron chi connectivity index (χ4n) is 1.70. The molecule has 0 atom stereocenters. The van der Waals surface area contributed by atoms with Crippen LogP contribution in [-0.2, 0) is 6.18 Å². The molecule has 2 nitrogen and oxygen atoms in total. The first-order chi connectivity index (χ1) is 9.79. The Hall–Kier alpha value is -1.89. The maximum atomic E-state index is 13.3. The van der Waals surface area contributed by atoms with Crippen molar-refractivity contribution in [2.24, 2.45) is 0 Å². The summed E-state index contributed by atoms with van der Waals surface area (Å²) < 4.78 is 52.0. The van der Waals surface area contributed by atoms with Gasteiger partial charge in [-0.2, -0.15) is 13.2 Å². The van der Waals surface area contributed by atoms with Gasteiger partial charge >= 0.3 is 6.18 Å². The number of halogens is 5. The van der Waals surface area contributed by atoms with E-state index in [1.54, 1.807) is 0 Å². The van der Waals surface area contributed by atoms with E-state index in [1.165, 1.54) is 24.3 Å². The molecule has 0 aliphatic rings. The fourth-order valence-corrected chi connectivity index (χ4v) is 1.95. The van der Waals surface area contributed by atoms with Crippen molar-refractivity contribution in [2.45, 2.75) is 6.18 Å². The Balaban J connectivity index is 2.31. The standard InChI is InChI=1S/C14H8BrF4NO/c15-11-6-5-8(7-12(11)16)20-13(21)9-3-1-2-4-10(9)14(17,18)19/h1-7H,(H,20,21). The van der Waals surface area contributed by atoms with Gasteiger partial charge in [-0.15, -0.1) is 0 Å². The summed E-state index contributed by atoms with van der Waals surface area (Å²) in [6.45, 7) is 0. The molecule has 1 N–H and O–H groups in total. The molecule has 0 aromatic heterocycles. The zero-order valence-electron chi connectivity index (χ0n) is 10.3. The van der Waals surface area contributed by atoms with E-state index in [0.717, 1.165) is 18.2 Å². The predicted molar refractivity (Wildman–Crippen MR) is 73.5 cm³/mol. The van der Waals surface area contributed by atoms with Crippen LogP contribution in [0.3, 0.4) is 0 Å². The molecule has 21 heavy (non-hydrogen) atoms. The highest BCUT2D eigenvalue weighted by molar-refractivity contribution is 9.10. The van der Waals surface area contributed by atoms with Gasteiger partial charge in [0.25, 0.3) is 5.91 Å². The molecule has 0 radical (unpaired) electrons. The van der Waals surface area contributed by atoms with Crippen LogP contribution in [0.4, 0.5) is 23.2 Å². The third-order valence-corrected chi connectivity index (χ3v) is 3.30. The number of hydrogen-bond donors (Lipinski definition) is 1. The van der Waals surface area contributed by atoms with Gasteiger partial charge in [-0.1, -0.05) is 12.1 Å². The second kappa shape index (κ2) is 5.85. The van der Waals surface area contributed by atoms with Crippen molar-refractivity contribution in [1.82, 2.24) is 0 Å². The molecule has 0 heterocycles. The second-order valence-electron chi connectivity index (χ2n) is 4.13. The molecule has 0 bridgehead atoms. The van der Waals surface area contributed by atoms with Gasteiger partial charge in [-0.05, 0) is 46.3 Å². The van der Waals surface area contributed by atoms with Gasteiger partial charge in [0.15, 0.2) is 0 Å². The fraction of sp³-hybridized carbons (Fsp3) is 0.0714. The molecule has 0 unspecified atom stereocenters. The molecule has 0 saturated carbocycles. The van der Waals surface area contributed by atoms with Gasteiger partial charge in [-0.3, -0.25) is 4.79 Å². The van der Waals surface area contributed by atoms with Gasteiger partial charge in [-0.25, -0.2) is 4.39 Å². The highest BCUT2D eigenvalue weighted by Crippen LogP contribution is 2.32. The van der Waals surface area contributed by atoms with E-state index in [0.29, 0.717) is 0 Å². The number of rotatable bonds is 2. The minimum Gasteiger partial charge on any atom is -0.322 e. The Morgan fingerprint density at radius 1 is 1.10 bits per heavy atom. The lowest BCUT2D eigenvalue weighted by Crippen LogP contribution is -2.18. The summed E-state index contributed by atoms with van der Waals surface area (Å²) in [7, 11) is 0. The lowest BCUT2D eigenvalue weighted by Gasteiger charge is -2.12. The molecular weight excluding hydrogens is 354 g/mol. The summed E-state index contributed by atoms with van der Waals surface area (Å²) in [6.07, 6.45) is -4.64. The molecular formula is C14H8BrF4NO. The SMILES string of the molecule is O=C(Nc1ccc(Br)c(F)c1)c1ccccc1C(F)(F)F. The van der Waals surface area contributed by atoms with E-state index < -0.39 is 29.0 Å². The third-order valence-electron chi connectivity index (χ3n) is 2.65. The molecule has 0 fully saturated rings. The van der Waals surface area contributed by atoms with Crippen molar-refractivity contribution < 1.29 is 22.4 Å². The minimum absolute atomic E-state index is 0.0673. The quantitative estimate of drug-likeness (QED) is 0.760. The van der Waals surface area contributed by atoms with Crippen molar-refractivity contribution in [3.8, 4) is 0 Å². The first-order valence-corrected chi connectivity index (χ1v) is 6.51. The number of anilines is 1. The molecule has 110 valence electrons. The summed E-state index contributed by atoms with van der Waals surface area (Å²) in [5, 5.41) is 2.24. The smallest absolute Gasteiger partial charge is 0.322 e. The van der Waals surface area contributed by atoms with Crippen LogP contribution >= 0.6 is 15.9 Å². The maximum Gasteiger partial charge on any atom is 0.417 e. The number of hydrogen-bond acceptors (Lipinski definition) is 1. The van der Waals surface area contributed by atoms with Crippen LogP contribution < -0.4 is 5.32 Å². The first-order valence-electron chi connectivity index (χ1n) is 5.71. The zero-order chi connectivity index (χ0) is 15.6. The molecule has 0 saturated heterocycles. The average molecular weight is 362 g/mol. The summed E-state index contributed by atoms with van der Waals surface area (Å²) in [6, 6.07) is 8.13. The van der Waals surface area contributed by atoms with Crippen LogP contribution in [0.5, 0.6) is 0 Å². The Morgan fingerprint density at radius 2 is 1.76 bits per heavy atom. The van der Waals surface area contributed by atoms with Gasteiger partial charge in [0.05, 0.1) is 15.6 Å². The van der Waals surface area contributed by atoms with Crippen LogP contribution in [0.25, 0.3) is 0 Å². The normalized spacial score (nSPS) is 11.3. The van der Waals surface area contributed by atoms with Crippen molar-refractivity contribution in [1.29, 1.82) is 0 Å². The molecule has 2 aromatic carbocycles. The molecule has 2 rings (SSSR count). The summed E-state index contributed by atoms with van der Waals surface area (Å²) in [4.78, 5) is 11.9. The maximum absolute atomic E-state index is 13.3. The first kappa shape index (κ1) is 15.5. The van der Waals surface area contributed by atoms with E-state index in [-0.39, 0.29) is 10.2 Å². The number of carbonyl (C=O) groups is 1. The van der Waals surface area contributed by atoms with Gasteiger partial charge in [0.1, 0.15) is 5.82 Å². The summed E-state index contributed by atoms with van der Waals surface area (Å²) >= 11 is 2.94. The number of nitrogens with one attached hydrogen (secondary N) is 1. The Labute approximate surface area is 125 Å². The number of amides is 1. The molecule has 0 aliphatic carbocycles. The number of carbonyl (C=O) groups excluding carboxylic acids is 1. The van der Waals surface area contributed by atoms with Crippen LogP contribution in [0.15, 0.2) is 46.9 Å². The molecule has 1 amide bonds. The van der Waals surface area contributed by atoms with Crippen LogP contribution in [0.1, 0.15) is 15.9 Å². The van der Waals surface area contributed by atoms with Crippen LogP contribution in [0.2, 0.25) is 0 Å². The Bertz CT molecular complexity index is 685. The average Bonchev–Trinajstić information content (AvgIpc) is 2.42. The van der Waals surface area contributed by atoms with Gasteiger partial charge < -0.3 is 5.32 Å². The largest absolute Gasteiger partial charge is 0.417 e. The Kier molecular flexibility index (Phi) is 4.32. The van der Waals surface area contributed by atoms with E-state index >= 15 is 0 Å². The van der Waals surface area contributed by atoms with Crippen molar-refractivity contribution >= 4 is 27.5 Å². The predicted octanol–water partition coefficient (Wildman–Crippen LogP) is 4.86. The minimum atomic E-state index is -4.64. The topological polar surface area (TPSA) is 29.1 Å². The highest BCUT2D eigenvalue weighted by Gasteiger charge is 2.34. The summed E-state index contributed by atoms with van der Waals surface area (Å²) in [5.74, 6) is -1.58. The molecule has 0 spiro atoms. The Morgan fingerprint density at radius 3 is 2.38 bits per heavy atom. The van der Waals surface area contributed by atoms with Crippen molar-refractivity contribution in [2.75, 3.05) is 5.32 Å². The van der Waals surface area contributed by atoms with E-state index in [1.807, 2.05) is 0 Å². The van der Waals surface area contributed by atoms with Crippen LogP contribution in [0, 0.1) is 5.82 Å². The zero-order valence-corrected chi connectivity index (χ0v) is 11.9. The van der Waals surface area contributed by atoms with Gasteiger partial charge in [0.2, 0.25) is 0 Å². The van der Waals surface area contributed by atoms with Gasteiger partial charge in [0, 0.05) is 5.69 Å². The number of benzene rings is 2. The number of alkyl halides is 3. The lowest BCUT2D eigenvalue weighted by molar-refractivity contribution is -0.137. The second-order valence-corrected chi connectivity index (χ2v) is 4.98. The third kappa shape index (κ3) is 3.60. The van der Waals surface area contributed by atoms with Crippen molar-refractivity contribution in [3.63, 3.8) is 0 Å². The summed E-state index contributed by atoms with van der Waals surface area (Å²) in [5.41, 5.74) is -1.49. The molecule has 7 heteroatoms. The molecule has 2 aromatic rings. The van der Waals surface area contributed by atoms with E-state index in [9.17, 15) is 22.4 Å². The van der Waals surface area contributed by atoms with Crippen molar-refractivity contribution in [3.05, 3.63) is 63.9 Å². The molecule has 0 aliphatic heterocycles.